The number of ketones is 1. The summed E-state index contributed by atoms with van der Waals surface area (Å²) in [5, 5.41) is 0. The largest absolute Gasteiger partial charge is 0.498 e. The highest BCUT2D eigenvalue weighted by molar-refractivity contribution is 5.79. The SMILES string of the molecule is C=C(OCC)C1(C)CCC(=O)CC1. The molecule has 0 bridgehead atoms. The minimum Gasteiger partial charge on any atom is -0.498 e. The first kappa shape index (κ1) is 10.3. The van der Waals surface area contributed by atoms with Gasteiger partial charge in [-0.3, -0.25) is 4.79 Å². The summed E-state index contributed by atoms with van der Waals surface area (Å²) in [6.07, 6.45) is 3.15. The van der Waals surface area contributed by atoms with Crippen LogP contribution in [0.25, 0.3) is 0 Å². The van der Waals surface area contributed by atoms with Gasteiger partial charge in [-0.05, 0) is 19.8 Å². The van der Waals surface area contributed by atoms with Gasteiger partial charge in [0.2, 0.25) is 0 Å². The molecule has 0 aromatic rings. The summed E-state index contributed by atoms with van der Waals surface area (Å²) in [5.74, 6) is 1.23. The molecule has 0 amide bonds. The molecule has 0 radical (unpaired) electrons. The van der Waals surface area contributed by atoms with Crippen LogP contribution in [0, 0.1) is 5.41 Å². The van der Waals surface area contributed by atoms with Crippen molar-refractivity contribution in [3.8, 4) is 0 Å². The highest BCUT2D eigenvalue weighted by Gasteiger charge is 2.33. The topological polar surface area (TPSA) is 26.3 Å². The van der Waals surface area contributed by atoms with Gasteiger partial charge >= 0.3 is 0 Å². The van der Waals surface area contributed by atoms with Crippen molar-refractivity contribution in [3.05, 3.63) is 12.3 Å². The number of carbonyl (C=O) groups is 1. The number of ether oxygens (including phenoxy) is 1. The smallest absolute Gasteiger partial charge is 0.132 e. The quantitative estimate of drug-likeness (QED) is 0.627. The van der Waals surface area contributed by atoms with Gasteiger partial charge < -0.3 is 4.74 Å². The maximum Gasteiger partial charge on any atom is 0.132 e. The Balaban J connectivity index is 2.56. The van der Waals surface area contributed by atoms with Gasteiger partial charge in [-0.2, -0.15) is 0 Å². The molecule has 0 unspecified atom stereocenters. The average molecular weight is 182 g/mol. The van der Waals surface area contributed by atoms with Crippen molar-refractivity contribution in [2.75, 3.05) is 6.61 Å². The molecule has 0 spiro atoms. The normalized spacial score (nSPS) is 21.2. The molecule has 13 heavy (non-hydrogen) atoms. The minimum atomic E-state index is 0.0317. The summed E-state index contributed by atoms with van der Waals surface area (Å²) in [6, 6.07) is 0. The Morgan fingerprint density at radius 3 is 2.54 bits per heavy atom. The molecular weight excluding hydrogens is 164 g/mol. The third-order valence-electron chi connectivity index (χ3n) is 2.90. The van der Waals surface area contributed by atoms with Gasteiger partial charge in [0, 0.05) is 18.3 Å². The fourth-order valence-electron chi connectivity index (χ4n) is 1.71. The molecule has 1 saturated carbocycles. The number of rotatable bonds is 3. The van der Waals surface area contributed by atoms with Gasteiger partial charge in [-0.15, -0.1) is 0 Å². The third kappa shape index (κ3) is 2.33. The fraction of sp³-hybridized carbons (Fsp3) is 0.727. The van der Waals surface area contributed by atoms with Crippen LogP contribution in [0.4, 0.5) is 0 Å². The third-order valence-corrected chi connectivity index (χ3v) is 2.90. The molecule has 0 aromatic carbocycles. The molecule has 0 aliphatic heterocycles. The molecule has 1 aliphatic carbocycles. The van der Waals surface area contributed by atoms with Crippen molar-refractivity contribution < 1.29 is 9.53 Å². The lowest BCUT2D eigenvalue weighted by Gasteiger charge is -2.34. The van der Waals surface area contributed by atoms with Crippen molar-refractivity contribution in [1.29, 1.82) is 0 Å². The van der Waals surface area contributed by atoms with Crippen molar-refractivity contribution in [1.82, 2.24) is 0 Å². The van der Waals surface area contributed by atoms with E-state index in [-0.39, 0.29) is 5.41 Å². The molecule has 0 atom stereocenters. The summed E-state index contributed by atoms with van der Waals surface area (Å²) in [4.78, 5) is 11.1. The van der Waals surface area contributed by atoms with E-state index >= 15 is 0 Å². The maximum atomic E-state index is 11.1. The maximum absolute atomic E-state index is 11.1. The number of Topliss-reactive ketones (excluding diaryl/α,β-unsaturated/α-hetero) is 1. The van der Waals surface area contributed by atoms with Crippen LogP contribution in [0.5, 0.6) is 0 Å². The molecule has 1 aliphatic rings. The molecule has 1 rings (SSSR count). The fourth-order valence-corrected chi connectivity index (χ4v) is 1.71. The first-order chi connectivity index (χ1) is 6.08. The van der Waals surface area contributed by atoms with Crippen LogP contribution in [0.3, 0.4) is 0 Å². The minimum absolute atomic E-state index is 0.0317. The Labute approximate surface area is 80.0 Å². The molecule has 1 fully saturated rings. The lowest BCUT2D eigenvalue weighted by Crippen LogP contribution is -2.27. The molecule has 0 heterocycles. The molecule has 0 saturated heterocycles. The van der Waals surface area contributed by atoms with Crippen LogP contribution in [0.2, 0.25) is 0 Å². The van der Waals surface area contributed by atoms with Crippen LogP contribution in [-0.2, 0) is 9.53 Å². The van der Waals surface area contributed by atoms with Crippen LogP contribution >= 0.6 is 0 Å². The summed E-state index contributed by atoms with van der Waals surface area (Å²) in [5.41, 5.74) is 0.0317. The Kier molecular flexibility index (Phi) is 3.12. The van der Waals surface area contributed by atoms with E-state index in [1.54, 1.807) is 0 Å². The standard InChI is InChI=1S/C11H18O2/c1-4-13-9(2)11(3)7-5-10(12)6-8-11/h2,4-8H2,1,3H3. The molecular formula is C11H18O2. The first-order valence-corrected chi connectivity index (χ1v) is 4.92. The van der Waals surface area contributed by atoms with Crippen molar-refractivity contribution in [2.24, 2.45) is 5.41 Å². The zero-order chi connectivity index (χ0) is 9.90. The van der Waals surface area contributed by atoms with E-state index in [0.29, 0.717) is 25.2 Å². The second-order valence-electron chi connectivity index (χ2n) is 3.96. The predicted octanol–water partition coefficient (Wildman–Crippen LogP) is 2.69. The summed E-state index contributed by atoms with van der Waals surface area (Å²) >= 11 is 0. The highest BCUT2D eigenvalue weighted by atomic mass is 16.5. The zero-order valence-corrected chi connectivity index (χ0v) is 8.56. The Morgan fingerprint density at radius 1 is 1.54 bits per heavy atom. The van der Waals surface area contributed by atoms with Gasteiger partial charge in [0.25, 0.3) is 0 Å². The molecule has 74 valence electrons. The number of allylic oxidation sites excluding steroid dienone is 1. The molecule has 0 N–H and O–H groups in total. The number of carbonyl (C=O) groups excluding carboxylic acids is 1. The van der Waals surface area contributed by atoms with E-state index in [0.717, 1.165) is 18.6 Å². The van der Waals surface area contributed by atoms with E-state index in [9.17, 15) is 4.79 Å². The lowest BCUT2D eigenvalue weighted by atomic mass is 9.74. The second kappa shape index (κ2) is 3.95. The van der Waals surface area contributed by atoms with E-state index in [1.807, 2.05) is 6.92 Å². The highest BCUT2D eigenvalue weighted by Crippen LogP contribution is 2.40. The molecule has 2 heteroatoms. The summed E-state index contributed by atoms with van der Waals surface area (Å²) in [7, 11) is 0. The lowest BCUT2D eigenvalue weighted by molar-refractivity contribution is -0.122. The van der Waals surface area contributed by atoms with Crippen molar-refractivity contribution in [2.45, 2.75) is 39.5 Å². The zero-order valence-electron chi connectivity index (χ0n) is 8.56. The summed E-state index contributed by atoms with van der Waals surface area (Å²) < 4.78 is 5.41. The van der Waals surface area contributed by atoms with Gasteiger partial charge in [-0.25, -0.2) is 0 Å². The van der Waals surface area contributed by atoms with E-state index in [4.69, 9.17) is 4.74 Å². The number of hydrogen-bond donors (Lipinski definition) is 0. The number of hydrogen-bond acceptors (Lipinski definition) is 2. The van der Waals surface area contributed by atoms with Crippen LogP contribution in [0.1, 0.15) is 39.5 Å². The van der Waals surface area contributed by atoms with Gasteiger partial charge in [0.05, 0.1) is 12.4 Å². The monoisotopic (exact) mass is 182 g/mol. The molecule has 2 nitrogen and oxygen atoms in total. The van der Waals surface area contributed by atoms with E-state index in [1.165, 1.54) is 0 Å². The Bertz CT molecular complexity index is 208. The van der Waals surface area contributed by atoms with Crippen LogP contribution < -0.4 is 0 Å². The Morgan fingerprint density at radius 2 is 2.08 bits per heavy atom. The predicted molar refractivity (Wildman–Crippen MR) is 52.3 cm³/mol. The second-order valence-corrected chi connectivity index (χ2v) is 3.96. The van der Waals surface area contributed by atoms with Gasteiger partial charge in [0.1, 0.15) is 5.78 Å². The van der Waals surface area contributed by atoms with Crippen LogP contribution in [-0.4, -0.2) is 12.4 Å². The van der Waals surface area contributed by atoms with Crippen molar-refractivity contribution >= 4 is 5.78 Å². The van der Waals surface area contributed by atoms with E-state index in [2.05, 4.69) is 13.5 Å². The van der Waals surface area contributed by atoms with Gasteiger partial charge in [-0.1, -0.05) is 13.5 Å². The van der Waals surface area contributed by atoms with E-state index < -0.39 is 0 Å². The van der Waals surface area contributed by atoms with Crippen LogP contribution in [0.15, 0.2) is 12.3 Å². The van der Waals surface area contributed by atoms with Gasteiger partial charge in [0.15, 0.2) is 0 Å². The summed E-state index contributed by atoms with van der Waals surface area (Å²) in [6.45, 7) is 8.70. The van der Waals surface area contributed by atoms with Crippen molar-refractivity contribution in [3.63, 3.8) is 0 Å². The molecule has 0 aromatic heterocycles. The average Bonchev–Trinajstić information content (AvgIpc) is 2.11. The Hall–Kier alpha value is -0.790. The first-order valence-electron chi connectivity index (χ1n) is 4.92.